The molecule has 108 valence electrons. The highest BCUT2D eigenvalue weighted by molar-refractivity contribution is 5.86. The molecule has 0 amide bonds. The number of para-hydroxylation sites is 1. The number of hydrogen-bond donors (Lipinski definition) is 1. The molecule has 3 aromatic rings. The monoisotopic (exact) mass is 281 g/mol. The first-order valence-corrected chi connectivity index (χ1v) is 7.26. The number of rotatable bonds is 5. The maximum atomic E-state index is 4.66. The molecule has 5 nitrogen and oxygen atoms in total. The van der Waals surface area contributed by atoms with Crippen molar-refractivity contribution in [3.8, 4) is 5.69 Å². The molecule has 0 aliphatic rings. The molecule has 0 saturated carbocycles. The average molecular weight is 281 g/mol. The van der Waals surface area contributed by atoms with Crippen LogP contribution in [0.4, 0.5) is 0 Å². The lowest BCUT2D eigenvalue weighted by Crippen LogP contribution is -2.17. The molecule has 0 spiro atoms. The van der Waals surface area contributed by atoms with Gasteiger partial charge in [0.25, 0.3) is 0 Å². The lowest BCUT2D eigenvalue weighted by molar-refractivity contribution is 0.642. The van der Waals surface area contributed by atoms with Crippen molar-refractivity contribution in [3.63, 3.8) is 0 Å². The summed E-state index contributed by atoms with van der Waals surface area (Å²) in [6.45, 7) is 5.89. The maximum Gasteiger partial charge on any atom is 0.0962 e. The second-order valence-electron chi connectivity index (χ2n) is 5.12. The smallest absolute Gasteiger partial charge is 0.0962 e. The summed E-state index contributed by atoms with van der Waals surface area (Å²) >= 11 is 0. The molecule has 0 saturated heterocycles. The van der Waals surface area contributed by atoms with Crippen LogP contribution in [0.1, 0.15) is 24.7 Å². The zero-order valence-electron chi connectivity index (χ0n) is 12.4. The minimum Gasteiger partial charge on any atom is -0.311 e. The van der Waals surface area contributed by atoms with E-state index in [1.54, 1.807) is 6.20 Å². The molecular weight excluding hydrogens is 262 g/mol. The van der Waals surface area contributed by atoms with Crippen LogP contribution in [0.3, 0.4) is 0 Å². The molecule has 1 aromatic carbocycles. The van der Waals surface area contributed by atoms with Crippen molar-refractivity contribution < 1.29 is 0 Å². The third-order valence-electron chi connectivity index (χ3n) is 3.42. The van der Waals surface area contributed by atoms with E-state index in [9.17, 15) is 0 Å². The fraction of sp³-hybridized carbons (Fsp3) is 0.312. The highest BCUT2D eigenvalue weighted by Crippen LogP contribution is 2.21. The Labute approximate surface area is 124 Å². The normalized spacial score (nSPS) is 11.1. The molecule has 0 aliphatic heterocycles. The number of nitrogens with zero attached hydrogens (tertiary/aromatic N) is 4. The quantitative estimate of drug-likeness (QED) is 0.730. The summed E-state index contributed by atoms with van der Waals surface area (Å²) in [6.07, 6.45) is 2.91. The van der Waals surface area contributed by atoms with Gasteiger partial charge in [0, 0.05) is 17.6 Å². The SMILES string of the molecule is CCCNCc1cnnn1-c1cccc2ccc(C)nc12. The molecule has 2 aromatic heterocycles. The first-order chi connectivity index (χ1) is 10.3. The van der Waals surface area contributed by atoms with E-state index in [-0.39, 0.29) is 0 Å². The zero-order valence-corrected chi connectivity index (χ0v) is 12.4. The minimum absolute atomic E-state index is 0.753. The van der Waals surface area contributed by atoms with E-state index in [0.29, 0.717) is 0 Å². The van der Waals surface area contributed by atoms with Crippen molar-refractivity contribution in [2.24, 2.45) is 0 Å². The molecule has 0 unspecified atom stereocenters. The van der Waals surface area contributed by atoms with Crippen molar-refractivity contribution >= 4 is 10.9 Å². The van der Waals surface area contributed by atoms with Crippen LogP contribution in [-0.4, -0.2) is 26.5 Å². The van der Waals surface area contributed by atoms with Crippen molar-refractivity contribution in [3.05, 3.63) is 47.9 Å². The van der Waals surface area contributed by atoms with Crippen molar-refractivity contribution in [2.75, 3.05) is 6.54 Å². The molecule has 0 bridgehead atoms. The number of aryl methyl sites for hydroxylation is 1. The van der Waals surface area contributed by atoms with Crippen molar-refractivity contribution in [2.45, 2.75) is 26.8 Å². The molecule has 3 rings (SSSR count). The van der Waals surface area contributed by atoms with Crippen LogP contribution in [0, 0.1) is 6.92 Å². The Morgan fingerprint density at radius 1 is 1.19 bits per heavy atom. The average Bonchev–Trinajstić information content (AvgIpc) is 2.95. The van der Waals surface area contributed by atoms with Gasteiger partial charge in [-0.05, 0) is 32.0 Å². The molecular formula is C16H19N5. The Morgan fingerprint density at radius 3 is 2.95 bits per heavy atom. The van der Waals surface area contributed by atoms with Crippen LogP contribution in [0.5, 0.6) is 0 Å². The standard InChI is InChI=1S/C16H19N5/c1-3-9-17-10-14-11-18-20-21(14)15-6-4-5-13-8-7-12(2)19-16(13)15/h4-8,11,17H,3,9-10H2,1-2H3. The Bertz CT molecular complexity index is 747. The largest absolute Gasteiger partial charge is 0.311 e. The third kappa shape index (κ3) is 2.78. The minimum atomic E-state index is 0.753. The summed E-state index contributed by atoms with van der Waals surface area (Å²) in [5, 5.41) is 12.8. The van der Waals surface area contributed by atoms with Crippen LogP contribution >= 0.6 is 0 Å². The topological polar surface area (TPSA) is 55.6 Å². The number of nitrogens with one attached hydrogen (secondary N) is 1. The van der Waals surface area contributed by atoms with Gasteiger partial charge in [-0.1, -0.05) is 30.3 Å². The van der Waals surface area contributed by atoms with Gasteiger partial charge in [0.15, 0.2) is 0 Å². The highest BCUT2D eigenvalue weighted by atomic mass is 15.4. The van der Waals surface area contributed by atoms with E-state index >= 15 is 0 Å². The number of hydrogen-bond acceptors (Lipinski definition) is 4. The van der Waals surface area contributed by atoms with E-state index in [1.165, 1.54) is 0 Å². The van der Waals surface area contributed by atoms with E-state index in [2.05, 4.69) is 39.7 Å². The molecule has 0 aliphatic carbocycles. The van der Waals surface area contributed by atoms with Crippen LogP contribution in [0.25, 0.3) is 16.6 Å². The summed E-state index contributed by atoms with van der Waals surface area (Å²) in [5.74, 6) is 0. The van der Waals surface area contributed by atoms with E-state index in [4.69, 9.17) is 0 Å². The lowest BCUT2D eigenvalue weighted by Gasteiger charge is -2.10. The van der Waals surface area contributed by atoms with Gasteiger partial charge in [-0.3, -0.25) is 4.98 Å². The summed E-state index contributed by atoms with van der Waals surface area (Å²) < 4.78 is 1.87. The van der Waals surface area contributed by atoms with Gasteiger partial charge in [0.05, 0.1) is 23.1 Å². The predicted octanol–water partition coefficient (Wildman–Crippen LogP) is 2.62. The molecule has 5 heteroatoms. The molecule has 21 heavy (non-hydrogen) atoms. The Kier molecular flexibility index (Phi) is 3.92. The van der Waals surface area contributed by atoms with Crippen LogP contribution in [0.2, 0.25) is 0 Å². The number of fused-ring (bicyclic) bond motifs is 1. The van der Waals surface area contributed by atoms with Gasteiger partial charge in [0.1, 0.15) is 0 Å². The van der Waals surface area contributed by atoms with Crippen LogP contribution < -0.4 is 5.32 Å². The van der Waals surface area contributed by atoms with Crippen molar-refractivity contribution in [1.29, 1.82) is 0 Å². The van der Waals surface area contributed by atoms with Gasteiger partial charge in [0.2, 0.25) is 0 Å². The Morgan fingerprint density at radius 2 is 2.10 bits per heavy atom. The number of aromatic nitrogens is 4. The van der Waals surface area contributed by atoms with E-state index in [0.717, 1.165) is 47.5 Å². The molecule has 0 radical (unpaired) electrons. The second-order valence-corrected chi connectivity index (χ2v) is 5.12. The fourth-order valence-corrected chi connectivity index (χ4v) is 2.37. The fourth-order valence-electron chi connectivity index (χ4n) is 2.37. The van der Waals surface area contributed by atoms with Gasteiger partial charge < -0.3 is 5.32 Å². The summed E-state index contributed by atoms with van der Waals surface area (Å²) in [4.78, 5) is 4.66. The van der Waals surface area contributed by atoms with Gasteiger partial charge in [-0.2, -0.15) is 0 Å². The Balaban J connectivity index is 2.04. The van der Waals surface area contributed by atoms with E-state index in [1.807, 2.05) is 29.8 Å². The van der Waals surface area contributed by atoms with Gasteiger partial charge in [-0.25, -0.2) is 4.68 Å². The molecule has 0 fully saturated rings. The molecule has 1 N–H and O–H groups in total. The van der Waals surface area contributed by atoms with E-state index < -0.39 is 0 Å². The molecule has 0 atom stereocenters. The van der Waals surface area contributed by atoms with Crippen molar-refractivity contribution in [1.82, 2.24) is 25.3 Å². The van der Waals surface area contributed by atoms with Crippen LogP contribution in [-0.2, 0) is 6.54 Å². The summed E-state index contributed by atoms with van der Waals surface area (Å²) in [6, 6.07) is 10.2. The summed E-state index contributed by atoms with van der Waals surface area (Å²) in [5.41, 5.74) is 3.97. The van der Waals surface area contributed by atoms with Gasteiger partial charge >= 0.3 is 0 Å². The Hall–Kier alpha value is -2.27. The lowest BCUT2D eigenvalue weighted by atomic mass is 10.1. The predicted molar refractivity (Wildman–Crippen MR) is 83.4 cm³/mol. The van der Waals surface area contributed by atoms with Crippen LogP contribution in [0.15, 0.2) is 36.5 Å². The maximum absolute atomic E-state index is 4.66. The number of pyridine rings is 1. The zero-order chi connectivity index (χ0) is 14.7. The summed E-state index contributed by atoms with van der Waals surface area (Å²) in [7, 11) is 0. The van der Waals surface area contributed by atoms with Gasteiger partial charge in [-0.15, -0.1) is 5.10 Å². The molecule has 2 heterocycles. The highest BCUT2D eigenvalue weighted by Gasteiger charge is 2.10. The second kappa shape index (κ2) is 6.01. The first-order valence-electron chi connectivity index (χ1n) is 7.26. The third-order valence-corrected chi connectivity index (χ3v) is 3.42. The first kappa shape index (κ1) is 13.7. The number of benzene rings is 1.